The molecule has 1 aromatic rings. The van der Waals surface area contributed by atoms with Crippen molar-refractivity contribution in [3.8, 4) is 0 Å². The van der Waals surface area contributed by atoms with Gasteiger partial charge in [-0.3, -0.25) is 0 Å². The third-order valence-corrected chi connectivity index (χ3v) is 3.83. The van der Waals surface area contributed by atoms with Crippen molar-refractivity contribution in [3.05, 3.63) is 29.8 Å². The number of unbranched alkanes of at least 4 members (excludes halogenated alkanes) is 2. The molecule has 1 atom stereocenters. The predicted octanol–water partition coefficient (Wildman–Crippen LogP) is 0.278. The minimum absolute atomic E-state index is 0. The summed E-state index contributed by atoms with van der Waals surface area (Å²) in [5.41, 5.74) is 1.09. The molecule has 0 fully saturated rings. The third kappa shape index (κ3) is 5.85. The van der Waals surface area contributed by atoms with Crippen LogP contribution in [0.25, 0.3) is 0 Å². The van der Waals surface area contributed by atoms with Crippen LogP contribution in [-0.2, 0) is 10.1 Å². The van der Waals surface area contributed by atoms with E-state index in [-0.39, 0.29) is 34.5 Å². The molecule has 0 bridgehead atoms. The van der Waals surface area contributed by atoms with Crippen LogP contribution in [0.3, 0.4) is 0 Å². The van der Waals surface area contributed by atoms with Crippen molar-refractivity contribution >= 4 is 10.1 Å². The van der Waals surface area contributed by atoms with Gasteiger partial charge in [-0.25, -0.2) is 8.42 Å². The van der Waals surface area contributed by atoms with Crippen molar-refractivity contribution in [1.29, 1.82) is 0 Å². The van der Waals surface area contributed by atoms with Gasteiger partial charge in [0.1, 0.15) is 10.1 Å². The smallest absolute Gasteiger partial charge is 0.744 e. The van der Waals surface area contributed by atoms with Crippen LogP contribution < -0.4 is 29.6 Å². The molecule has 0 aliphatic heterocycles. The molecule has 1 aromatic carbocycles. The van der Waals surface area contributed by atoms with Crippen molar-refractivity contribution in [1.82, 2.24) is 0 Å². The summed E-state index contributed by atoms with van der Waals surface area (Å²) in [6.45, 7) is 4.29. The Balaban J connectivity index is 0.00000289. The summed E-state index contributed by atoms with van der Waals surface area (Å²) in [4.78, 5) is -0.151. The first-order chi connectivity index (χ1) is 7.95. The van der Waals surface area contributed by atoms with Crippen LogP contribution in [-0.4, -0.2) is 13.0 Å². The van der Waals surface area contributed by atoms with Crippen LogP contribution in [0, 0.1) is 0 Å². The van der Waals surface area contributed by atoms with Crippen LogP contribution in [0.2, 0.25) is 0 Å². The molecule has 0 N–H and O–H groups in total. The molecule has 0 heterocycles. The van der Waals surface area contributed by atoms with E-state index in [0.717, 1.165) is 12.0 Å². The molecular formula is C13H19NaO3S. The van der Waals surface area contributed by atoms with Crippen molar-refractivity contribution in [2.24, 2.45) is 0 Å². The molecule has 0 saturated heterocycles. The van der Waals surface area contributed by atoms with Gasteiger partial charge in [-0.05, 0) is 30.0 Å². The van der Waals surface area contributed by atoms with Gasteiger partial charge in [0, 0.05) is 0 Å². The minimum Gasteiger partial charge on any atom is -0.744 e. The van der Waals surface area contributed by atoms with Gasteiger partial charge in [-0.2, -0.15) is 0 Å². The monoisotopic (exact) mass is 278 g/mol. The molecule has 3 nitrogen and oxygen atoms in total. The second-order valence-corrected chi connectivity index (χ2v) is 5.80. The van der Waals surface area contributed by atoms with E-state index >= 15 is 0 Å². The fourth-order valence-corrected chi connectivity index (χ4v) is 2.30. The Bertz CT molecular complexity index is 440. The number of rotatable bonds is 6. The standard InChI is InChI=1S/C13H20O3S.Na/c1-3-4-5-6-11(2)12-7-9-13(10-8-12)17(14,15)16;/h7-11H,3-6H2,1-2H3,(H,14,15,16);/q;+1/p-1. The van der Waals surface area contributed by atoms with E-state index < -0.39 is 10.1 Å². The van der Waals surface area contributed by atoms with Crippen LogP contribution in [0.5, 0.6) is 0 Å². The minimum atomic E-state index is -4.32. The molecule has 1 unspecified atom stereocenters. The molecule has 0 spiro atoms. The van der Waals surface area contributed by atoms with Gasteiger partial charge in [-0.15, -0.1) is 0 Å². The van der Waals surface area contributed by atoms with E-state index in [1.165, 1.54) is 31.4 Å². The molecule has 0 aromatic heterocycles. The molecule has 0 aliphatic rings. The Morgan fingerprint density at radius 2 is 1.72 bits per heavy atom. The van der Waals surface area contributed by atoms with E-state index in [2.05, 4.69) is 13.8 Å². The summed E-state index contributed by atoms with van der Waals surface area (Å²) in [6.07, 6.45) is 4.69. The Morgan fingerprint density at radius 3 is 2.17 bits per heavy atom. The average Bonchev–Trinajstić information content (AvgIpc) is 2.28. The van der Waals surface area contributed by atoms with E-state index in [1.807, 2.05) is 0 Å². The first-order valence-electron chi connectivity index (χ1n) is 6.01. The summed E-state index contributed by atoms with van der Waals surface area (Å²) < 4.78 is 32.3. The van der Waals surface area contributed by atoms with Crippen LogP contribution >= 0.6 is 0 Å². The number of benzene rings is 1. The Morgan fingerprint density at radius 1 is 1.17 bits per heavy atom. The summed E-state index contributed by atoms with van der Waals surface area (Å²) in [7, 11) is -4.32. The normalized spacial score (nSPS) is 12.8. The van der Waals surface area contributed by atoms with Gasteiger partial charge in [-0.1, -0.05) is 45.2 Å². The van der Waals surface area contributed by atoms with Crippen molar-refractivity contribution in [2.75, 3.05) is 0 Å². The van der Waals surface area contributed by atoms with E-state index in [0.29, 0.717) is 5.92 Å². The van der Waals surface area contributed by atoms with Gasteiger partial charge in [0.05, 0.1) is 4.90 Å². The van der Waals surface area contributed by atoms with Gasteiger partial charge >= 0.3 is 29.6 Å². The average molecular weight is 278 g/mol. The molecule has 1 rings (SSSR count). The molecular weight excluding hydrogens is 259 g/mol. The van der Waals surface area contributed by atoms with Crippen molar-refractivity contribution < 1.29 is 42.5 Å². The van der Waals surface area contributed by atoms with E-state index in [4.69, 9.17) is 0 Å². The van der Waals surface area contributed by atoms with Gasteiger partial charge in [0.15, 0.2) is 0 Å². The van der Waals surface area contributed by atoms with E-state index in [1.54, 1.807) is 12.1 Å². The van der Waals surface area contributed by atoms with E-state index in [9.17, 15) is 13.0 Å². The zero-order valence-electron chi connectivity index (χ0n) is 11.3. The number of hydrogen-bond acceptors (Lipinski definition) is 3. The number of hydrogen-bond donors (Lipinski definition) is 0. The molecule has 96 valence electrons. The topological polar surface area (TPSA) is 57.2 Å². The van der Waals surface area contributed by atoms with Crippen molar-refractivity contribution in [2.45, 2.75) is 50.3 Å². The van der Waals surface area contributed by atoms with Crippen molar-refractivity contribution in [3.63, 3.8) is 0 Å². The maximum absolute atomic E-state index is 10.8. The maximum atomic E-state index is 10.8. The zero-order chi connectivity index (χ0) is 12.9. The van der Waals surface area contributed by atoms with Gasteiger partial charge in [0.25, 0.3) is 0 Å². The summed E-state index contributed by atoms with van der Waals surface area (Å²) >= 11 is 0. The maximum Gasteiger partial charge on any atom is 1.00 e. The zero-order valence-corrected chi connectivity index (χ0v) is 14.2. The Kier molecular flexibility index (Phi) is 8.39. The summed E-state index contributed by atoms with van der Waals surface area (Å²) in [5.74, 6) is 0.407. The largest absolute Gasteiger partial charge is 1.00 e. The summed E-state index contributed by atoms with van der Waals surface area (Å²) in [6, 6.07) is 6.27. The van der Waals surface area contributed by atoms with Crippen LogP contribution in [0.15, 0.2) is 29.2 Å². The molecule has 0 amide bonds. The molecule has 18 heavy (non-hydrogen) atoms. The molecule has 5 heteroatoms. The predicted molar refractivity (Wildman–Crippen MR) is 67.0 cm³/mol. The first-order valence-corrected chi connectivity index (χ1v) is 7.42. The molecule has 0 radical (unpaired) electrons. The second kappa shape index (κ2) is 8.33. The van der Waals surface area contributed by atoms with Gasteiger partial charge < -0.3 is 4.55 Å². The Hall–Kier alpha value is 0.130. The fourth-order valence-electron chi connectivity index (χ4n) is 1.83. The third-order valence-electron chi connectivity index (χ3n) is 2.98. The molecule has 0 aliphatic carbocycles. The summed E-state index contributed by atoms with van der Waals surface area (Å²) in [5, 5.41) is 0. The Labute approximate surface area is 132 Å². The second-order valence-electron chi connectivity index (χ2n) is 4.42. The molecule has 0 saturated carbocycles. The van der Waals surface area contributed by atoms with Gasteiger partial charge in [0.2, 0.25) is 0 Å². The quantitative estimate of drug-likeness (QED) is 0.426. The fraction of sp³-hybridized carbons (Fsp3) is 0.538. The SMILES string of the molecule is CCCCCC(C)c1ccc(S(=O)(=O)[O-])cc1.[Na+]. The van der Waals surface area contributed by atoms with Crippen LogP contribution in [0.4, 0.5) is 0 Å². The first kappa shape index (κ1) is 18.1. The van der Waals surface area contributed by atoms with Crippen LogP contribution in [0.1, 0.15) is 51.0 Å².